The second-order valence-electron chi connectivity index (χ2n) is 5.30. The quantitative estimate of drug-likeness (QED) is 0.690. The van der Waals surface area contributed by atoms with E-state index in [1.165, 1.54) is 0 Å². The van der Waals surface area contributed by atoms with Gasteiger partial charge in [-0.25, -0.2) is 0 Å². The van der Waals surface area contributed by atoms with Gasteiger partial charge in [-0.1, -0.05) is 34.6 Å². The van der Waals surface area contributed by atoms with Gasteiger partial charge in [0.15, 0.2) is 0 Å². The molecule has 0 radical (unpaired) electrons. The minimum Gasteiger partial charge on any atom is -0.395 e. The zero-order valence-corrected chi connectivity index (χ0v) is 9.72. The lowest BCUT2D eigenvalue weighted by molar-refractivity contribution is 0.205. The van der Waals surface area contributed by atoms with Crippen LogP contribution in [0.25, 0.3) is 0 Å². The molecule has 0 saturated carbocycles. The van der Waals surface area contributed by atoms with Crippen LogP contribution in [0.2, 0.25) is 0 Å². The highest BCUT2D eigenvalue weighted by atomic mass is 16.3. The fraction of sp³-hybridized carbons (Fsp3) is 1.00. The van der Waals surface area contributed by atoms with Gasteiger partial charge >= 0.3 is 0 Å². The average molecular weight is 187 g/mol. The Morgan fingerprint density at radius 1 is 1.23 bits per heavy atom. The topological polar surface area (TPSA) is 32.3 Å². The lowest BCUT2D eigenvalue weighted by atomic mass is 9.92. The molecule has 80 valence electrons. The summed E-state index contributed by atoms with van der Waals surface area (Å²) in [5.74, 6) is 0.505. The van der Waals surface area contributed by atoms with Crippen molar-refractivity contribution in [1.82, 2.24) is 5.32 Å². The minimum atomic E-state index is 0.238. The lowest BCUT2D eigenvalue weighted by Gasteiger charge is -2.23. The van der Waals surface area contributed by atoms with Crippen LogP contribution in [0.3, 0.4) is 0 Å². The van der Waals surface area contributed by atoms with E-state index in [2.05, 4.69) is 39.9 Å². The third-order valence-electron chi connectivity index (χ3n) is 2.28. The molecule has 2 N–H and O–H groups in total. The maximum atomic E-state index is 9.06. The molecule has 0 saturated heterocycles. The van der Waals surface area contributed by atoms with Gasteiger partial charge in [0.1, 0.15) is 0 Å². The van der Waals surface area contributed by atoms with Gasteiger partial charge in [-0.05, 0) is 24.3 Å². The Kier molecular flexibility index (Phi) is 5.57. The van der Waals surface area contributed by atoms with Crippen LogP contribution in [-0.2, 0) is 0 Å². The Bertz CT molecular complexity index is 127. The molecule has 0 spiro atoms. The first-order valence-corrected chi connectivity index (χ1v) is 5.21. The fourth-order valence-corrected chi connectivity index (χ4v) is 1.14. The van der Waals surface area contributed by atoms with Crippen molar-refractivity contribution in [3.05, 3.63) is 0 Å². The van der Waals surface area contributed by atoms with E-state index < -0.39 is 0 Å². The van der Waals surface area contributed by atoms with Crippen molar-refractivity contribution in [2.24, 2.45) is 11.3 Å². The largest absolute Gasteiger partial charge is 0.395 e. The summed E-state index contributed by atoms with van der Waals surface area (Å²) in [6, 6.07) is 0.252. The first-order valence-electron chi connectivity index (χ1n) is 5.21. The summed E-state index contributed by atoms with van der Waals surface area (Å²) < 4.78 is 0. The number of hydrogen-bond donors (Lipinski definition) is 2. The molecule has 0 rings (SSSR count). The highest BCUT2D eigenvalue weighted by molar-refractivity contribution is 4.71. The number of hydrogen-bond acceptors (Lipinski definition) is 2. The van der Waals surface area contributed by atoms with Crippen LogP contribution in [0, 0.1) is 11.3 Å². The molecule has 1 unspecified atom stereocenters. The van der Waals surface area contributed by atoms with Gasteiger partial charge in [0.05, 0.1) is 6.61 Å². The number of aliphatic hydroxyl groups excluding tert-OH is 1. The summed E-state index contributed by atoms with van der Waals surface area (Å²) in [6.45, 7) is 12.2. The van der Waals surface area contributed by atoms with E-state index in [1.54, 1.807) is 0 Å². The van der Waals surface area contributed by atoms with Crippen LogP contribution >= 0.6 is 0 Å². The zero-order chi connectivity index (χ0) is 10.5. The highest BCUT2D eigenvalue weighted by Gasteiger charge is 2.13. The molecule has 0 aliphatic rings. The van der Waals surface area contributed by atoms with Crippen molar-refractivity contribution in [1.29, 1.82) is 0 Å². The van der Waals surface area contributed by atoms with Crippen LogP contribution in [-0.4, -0.2) is 24.3 Å². The van der Waals surface area contributed by atoms with Gasteiger partial charge in [0.25, 0.3) is 0 Å². The molecule has 1 atom stereocenters. The summed E-state index contributed by atoms with van der Waals surface area (Å²) in [7, 11) is 0. The molecule has 13 heavy (non-hydrogen) atoms. The molecule has 0 fully saturated rings. The van der Waals surface area contributed by atoms with Crippen LogP contribution < -0.4 is 5.32 Å². The molecule has 0 amide bonds. The van der Waals surface area contributed by atoms with E-state index in [0.717, 1.165) is 13.0 Å². The van der Waals surface area contributed by atoms with E-state index in [0.29, 0.717) is 11.3 Å². The van der Waals surface area contributed by atoms with E-state index in [4.69, 9.17) is 5.11 Å². The Morgan fingerprint density at radius 2 is 1.77 bits per heavy atom. The molecule has 0 aromatic heterocycles. The highest BCUT2D eigenvalue weighted by Crippen LogP contribution is 2.17. The lowest BCUT2D eigenvalue weighted by Crippen LogP contribution is -2.38. The van der Waals surface area contributed by atoms with Crippen LogP contribution in [0.5, 0.6) is 0 Å². The Balaban J connectivity index is 3.62. The molecule has 2 nitrogen and oxygen atoms in total. The van der Waals surface area contributed by atoms with Gasteiger partial charge in [-0.15, -0.1) is 0 Å². The summed E-state index contributed by atoms with van der Waals surface area (Å²) in [5.41, 5.74) is 0.379. The van der Waals surface area contributed by atoms with Gasteiger partial charge in [0, 0.05) is 6.04 Å². The summed E-state index contributed by atoms with van der Waals surface area (Å²) in [5, 5.41) is 12.4. The minimum absolute atomic E-state index is 0.238. The maximum Gasteiger partial charge on any atom is 0.0587 e. The number of aliphatic hydroxyl groups is 1. The standard InChI is InChI=1S/C11H25NO/c1-9(2)10(8-13)12-7-6-11(3,4)5/h9-10,12-13H,6-8H2,1-5H3. The third-order valence-corrected chi connectivity index (χ3v) is 2.28. The van der Waals surface area contributed by atoms with Crippen molar-refractivity contribution in [2.75, 3.05) is 13.2 Å². The van der Waals surface area contributed by atoms with E-state index in [-0.39, 0.29) is 12.6 Å². The molecule has 2 heteroatoms. The predicted molar refractivity (Wildman–Crippen MR) is 57.8 cm³/mol. The SMILES string of the molecule is CC(C)C(CO)NCCC(C)(C)C. The number of rotatable bonds is 5. The zero-order valence-electron chi connectivity index (χ0n) is 9.72. The monoisotopic (exact) mass is 187 g/mol. The van der Waals surface area contributed by atoms with Crippen LogP contribution in [0.4, 0.5) is 0 Å². The van der Waals surface area contributed by atoms with Gasteiger partial charge in [-0.2, -0.15) is 0 Å². The smallest absolute Gasteiger partial charge is 0.0587 e. The van der Waals surface area contributed by atoms with Crippen molar-refractivity contribution in [3.63, 3.8) is 0 Å². The molecule has 0 heterocycles. The molecule has 0 bridgehead atoms. The Morgan fingerprint density at radius 3 is 2.08 bits per heavy atom. The van der Waals surface area contributed by atoms with Gasteiger partial charge in [0.2, 0.25) is 0 Å². The summed E-state index contributed by atoms with van der Waals surface area (Å²) in [4.78, 5) is 0. The van der Waals surface area contributed by atoms with Crippen LogP contribution in [0.1, 0.15) is 41.0 Å². The molecular weight excluding hydrogens is 162 g/mol. The number of nitrogens with one attached hydrogen (secondary N) is 1. The van der Waals surface area contributed by atoms with Gasteiger partial charge in [-0.3, -0.25) is 0 Å². The third kappa shape index (κ3) is 7.03. The van der Waals surface area contributed by atoms with Crippen molar-refractivity contribution in [3.8, 4) is 0 Å². The first-order chi connectivity index (χ1) is 5.87. The molecule has 0 aromatic carbocycles. The molecule has 0 aliphatic heterocycles. The second kappa shape index (κ2) is 5.61. The van der Waals surface area contributed by atoms with Crippen molar-refractivity contribution in [2.45, 2.75) is 47.1 Å². The summed E-state index contributed by atoms with van der Waals surface area (Å²) >= 11 is 0. The predicted octanol–water partition coefficient (Wildman–Crippen LogP) is 2.03. The Labute approximate surface area is 82.7 Å². The van der Waals surface area contributed by atoms with E-state index in [9.17, 15) is 0 Å². The Hall–Kier alpha value is -0.0800. The first kappa shape index (κ1) is 12.9. The normalized spacial score (nSPS) is 15.0. The van der Waals surface area contributed by atoms with Crippen molar-refractivity contribution < 1.29 is 5.11 Å². The van der Waals surface area contributed by atoms with E-state index in [1.807, 2.05) is 0 Å². The van der Waals surface area contributed by atoms with E-state index >= 15 is 0 Å². The molecule has 0 aliphatic carbocycles. The maximum absolute atomic E-state index is 9.06. The molecular formula is C11H25NO. The molecule has 0 aromatic rings. The van der Waals surface area contributed by atoms with Crippen LogP contribution in [0.15, 0.2) is 0 Å². The fourth-order valence-electron chi connectivity index (χ4n) is 1.14. The average Bonchev–Trinajstić information content (AvgIpc) is 1.95. The van der Waals surface area contributed by atoms with Gasteiger partial charge < -0.3 is 10.4 Å². The second-order valence-corrected chi connectivity index (χ2v) is 5.30. The van der Waals surface area contributed by atoms with Crippen molar-refractivity contribution >= 4 is 0 Å². The summed E-state index contributed by atoms with van der Waals surface area (Å²) in [6.07, 6.45) is 1.15.